The van der Waals surface area contributed by atoms with Crippen LogP contribution in [-0.2, 0) is 14.5 Å². The first-order chi connectivity index (χ1) is 5.95. The van der Waals surface area contributed by atoms with Gasteiger partial charge >= 0.3 is 6.16 Å². The van der Waals surface area contributed by atoms with Crippen LogP contribution in [0.4, 0.5) is 4.79 Å². The van der Waals surface area contributed by atoms with Gasteiger partial charge in [0.15, 0.2) is 0 Å². The van der Waals surface area contributed by atoms with Crippen LogP contribution in [0, 0.1) is 0 Å². The SMILES string of the molecule is CCOC(=O)OOCC[N+](C)(C)C. The lowest BCUT2D eigenvalue weighted by molar-refractivity contribution is -0.871. The molecule has 0 aromatic carbocycles. The summed E-state index contributed by atoms with van der Waals surface area (Å²) in [4.78, 5) is 19.5. The quantitative estimate of drug-likeness (QED) is 0.212. The Morgan fingerprint density at radius 2 is 1.92 bits per heavy atom. The molecule has 0 spiro atoms. The van der Waals surface area contributed by atoms with Crippen molar-refractivity contribution < 1.29 is 23.8 Å². The van der Waals surface area contributed by atoms with Gasteiger partial charge in [0.25, 0.3) is 0 Å². The van der Waals surface area contributed by atoms with Crippen molar-refractivity contribution in [3.8, 4) is 0 Å². The molecule has 0 saturated carbocycles. The van der Waals surface area contributed by atoms with Gasteiger partial charge in [-0.25, -0.2) is 4.79 Å². The Morgan fingerprint density at radius 1 is 1.31 bits per heavy atom. The van der Waals surface area contributed by atoms with Crippen LogP contribution in [0.5, 0.6) is 0 Å². The molecule has 5 nitrogen and oxygen atoms in total. The fourth-order valence-electron chi connectivity index (χ4n) is 0.543. The van der Waals surface area contributed by atoms with Crippen LogP contribution in [0.3, 0.4) is 0 Å². The maximum Gasteiger partial charge on any atom is 0.540 e. The van der Waals surface area contributed by atoms with E-state index in [4.69, 9.17) is 0 Å². The number of nitrogens with zero attached hydrogens (tertiary/aromatic N) is 1. The lowest BCUT2D eigenvalue weighted by Crippen LogP contribution is -2.37. The molecule has 0 fully saturated rings. The lowest BCUT2D eigenvalue weighted by Gasteiger charge is -2.22. The van der Waals surface area contributed by atoms with Gasteiger partial charge in [0.2, 0.25) is 0 Å². The summed E-state index contributed by atoms with van der Waals surface area (Å²) in [6.07, 6.45) is -0.788. The van der Waals surface area contributed by atoms with E-state index in [1.807, 2.05) is 21.1 Å². The van der Waals surface area contributed by atoms with Crippen molar-refractivity contribution in [2.24, 2.45) is 0 Å². The number of ether oxygens (including phenoxy) is 1. The molecule has 0 aliphatic rings. The summed E-state index contributed by atoms with van der Waals surface area (Å²) in [5.74, 6) is 0. The second kappa shape index (κ2) is 5.77. The predicted octanol–water partition coefficient (Wildman–Crippen LogP) is 0.797. The largest absolute Gasteiger partial charge is 0.540 e. The van der Waals surface area contributed by atoms with E-state index >= 15 is 0 Å². The van der Waals surface area contributed by atoms with Crippen LogP contribution in [0.25, 0.3) is 0 Å². The molecule has 0 unspecified atom stereocenters. The lowest BCUT2D eigenvalue weighted by atomic mass is 10.5. The van der Waals surface area contributed by atoms with E-state index in [-0.39, 0.29) is 6.61 Å². The third-order valence-corrected chi connectivity index (χ3v) is 1.23. The second-order valence-corrected chi connectivity index (χ2v) is 3.60. The highest BCUT2D eigenvalue weighted by molar-refractivity contribution is 5.58. The Balaban J connectivity index is 3.31. The molecule has 0 aromatic heterocycles. The number of carbonyl (C=O) groups is 1. The van der Waals surface area contributed by atoms with E-state index in [1.165, 1.54) is 0 Å². The van der Waals surface area contributed by atoms with Crippen LogP contribution >= 0.6 is 0 Å². The van der Waals surface area contributed by atoms with Crippen molar-refractivity contribution >= 4 is 6.16 Å². The molecule has 78 valence electrons. The average molecular weight is 192 g/mol. The third kappa shape index (κ3) is 9.10. The Morgan fingerprint density at radius 3 is 2.38 bits per heavy atom. The highest BCUT2D eigenvalue weighted by atomic mass is 17.2. The molecular formula is C8H18NO4+. The van der Waals surface area contributed by atoms with E-state index in [1.54, 1.807) is 6.92 Å². The molecule has 0 aliphatic carbocycles. The van der Waals surface area contributed by atoms with Crippen LogP contribution in [0.1, 0.15) is 6.92 Å². The molecule has 0 rings (SSSR count). The highest BCUT2D eigenvalue weighted by Gasteiger charge is 2.08. The fourth-order valence-corrected chi connectivity index (χ4v) is 0.543. The van der Waals surface area contributed by atoms with Crippen molar-refractivity contribution in [3.63, 3.8) is 0 Å². The molecule has 13 heavy (non-hydrogen) atoms. The topological polar surface area (TPSA) is 44.8 Å². The van der Waals surface area contributed by atoms with E-state index in [0.717, 1.165) is 11.0 Å². The van der Waals surface area contributed by atoms with Gasteiger partial charge in [0, 0.05) is 0 Å². The summed E-state index contributed by atoms with van der Waals surface area (Å²) in [6.45, 7) is 3.12. The van der Waals surface area contributed by atoms with Gasteiger partial charge in [-0.05, 0) is 6.92 Å². The summed E-state index contributed by atoms with van der Waals surface area (Å²) in [7, 11) is 6.06. The molecule has 0 heterocycles. The van der Waals surface area contributed by atoms with Gasteiger partial charge in [0.05, 0.1) is 27.7 Å². The molecule has 0 N–H and O–H groups in total. The van der Waals surface area contributed by atoms with Gasteiger partial charge in [0.1, 0.15) is 13.2 Å². The normalized spacial score (nSPS) is 11.1. The molecular weight excluding hydrogens is 174 g/mol. The highest BCUT2D eigenvalue weighted by Crippen LogP contribution is 1.91. The van der Waals surface area contributed by atoms with Crippen LogP contribution in [0.15, 0.2) is 0 Å². The number of hydrogen-bond donors (Lipinski definition) is 0. The van der Waals surface area contributed by atoms with Gasteiger partial charge in [-0.2, -0.15) is 4.89 Å². The molecule has 5 heteroatoms. The van der Waals surface area contributed by atoms with Gasteiger partial charge < -0.3 is 9.22 Å². The van der Waals surface area contributed by atoms with Crippen molar-refractivity contribution in [1.82, 2.24) is 0 Å². The summed E-state index contributed by atoms with van der Waals surface area (Å²) in [5, 5.41) is 0. The first-order valence-corrected chi connectivity index (χ1v) is 4.22. The average Bonchev–Trinajstić information content (AvgIpc) is 1.97. The fraction of sp³-hybridized carbons (Fsp3) is 0.875. The van der Waals surface area contributed by atoms with Gasteiger partial charge in [-0.1, -0.05) is 0 Å². The smallest absolute Gasteiger partial charge is 0.433 e. The standard InChI is InChI=1S/C8H18NO4/c1-5-11-8(10)13-12-7-6-9(2,3)4/h5-7H2,1-4H3/q+1. The first kappa shape index (κ1) is 12.2. The Bertz CT molecular complexity index is 153. The van der Waals surface area contributed by atoms with Crippen molar-refractivity contribution in [2.75, 3.05) is 40.9 Å². The van der Waals surface area contributed by atoms with E-state index < -0.39 is 6.16 Å². The molecule has 0 radical (unpaired) electrons. The molecule has 0 atom stereocenters. The number of rotatable bonds is 5. The van der Waals surface area contributed by atoms with E-state index in [0.29, 0.717) is 6.61 Å². The molecule has 0 aromatic rings. The summed E-state index contributed by atoms with van der Waals surface area (Å²) < 4.78 is 5.24. The third-order valence-electron chi connectivity index (χ3n) is 1.23. The molecule has 0 amide bonds. The number of carbonyl (C=O) groups excluding carboxylic acids is 1. The Kier molecular flexibility index (Phi) is 5.41. The van der Waals surface area contributed by atoms with Crippen LogP contribution in [0.2, 0.25) is 0 Å². The zero-order valence-corrected chi connectivity index (χ0v) is 8.70. The second-order valence-electron chi connectivity index (χ2n) is 3.60. The minimum absolute atomic E-state index is 0.289. The van der Waals surface area contributed by atoms with Gasteiger partial charge in [-0.3, -0.25) is 4.89 Å². The summed E-state index contributed by atoms with van der Waals surface area (Å²) in [6, 6.07) is 0. The zero-order chi connectivity index (χ0) is 10.3. The molecule has 0 bridgehead atoms. The number of quaternary nitrogens is 1. The van der Waals surface area contributed by atoms with E-state index in [9.17, 15) is 4.79 Å². The Hall–Kier alpha value is -0.810. The number of likely N-dealkylation sites (N-methyl/N-ethyl adjacent to an activating group) is 1. The first-order valence-electron chi connectivity index (χ1n) is 4.22. The van der Waals surface area contributed by atoms with Crippen molar-refractivity contribution in [2.45, 2.75) is 6.92 Å². The minimum Gasteiger partial charge on any atom is -0.433 e. The summed E-state index contributed by atoms with van der Waals surface area (Å²) in [5.41, 5.74) is 0. The summed E-state index contributed by atoms with van der Waals surface area (Å²) >= 11 is 0. The van der Waals surface area contributed by atoms with Gasteiger partial charge in [-0.15, -0.1) is 0 Å². The molecule has 0 aliphatic heterocycles. The maximum atomic E-state index is 10.6. The minimum atomic E-state index is -0.788. The van der Waals surface area contributed by atoms with Crippen LogP contribution < -0.4 is 0 Å². The van der Waals surface area contributed by atoms with E-state index in [2.05, 4.69) is 14.5 Å². The predicted molar refractivity (Wildman–Crippen MR) is 47.0 cm³/mol. The van der Waals surface area contributed by atoms with Crippen LogP contribution in [-0.4, -0.2) is 51.5 Å². The zero-order valence-electron chi connectivity index (χ0n) is 8.70. The monoisotopic (exact) mass is 192 g/mol. The number of hydrogen-bond acceptors (Lipinski definition) is 4. The molecule has 0 saturated heterocycles. The van der Waals surface area contributed by atoms with Crippen molar-refractivity contribution in [1.29, 1.82) is 0 Å². The van der Waals surface area contributed by atoms with Crippen molar-refractivity contribution in [3.05, 3.63) is 0 Å². The Labute approximate surface area is 78.7 Å². The maximum absolute atomic E-state index is 10.6.